The molecule has 0 radical (unpaired) electrons. The van der Waals surface area contributed by atoms with Crippen LogP contribution in [0.25, 0.3) is 0 Å². The summed E-state index contributed by atoms with van der Waals surface area (Å²) >= 11 is 0. The van der Waals surface area contributed by atoms with Gasteiger partial charge in [-0.1, -0.05) is 0 Å². The van der Waals surface area contributed by atoms with Crippen LogP contribution in [0.4, 0.5) is 5.82 Å². The molecule has 1 amide bonds. The summed E-state index contributed by atoms with van der Waals surface area (Å²) in [5, 5.41) is 8.96. The molecule has 3 heterocycles. The Kier molecular flexibility index (Phi) is 4.74. The largest absolute Gasteiger partial charge is 0.488 e. The van der Waals surface area contributed by atoms with Gasteiger partial charge in [0.15, 0.2) is 11.6 Å². The van der Waals surface area contributed by atoms with Gasteiger partial charge in [-0.25, -0.2) is 4.98 Å². The Morgan fingerprint density at radius 1 is 1.27 bits per heavy atom. The van der Waals surface area contributed by atoms with Crippen LogP contribution in [-0.2, 0) is 4.79 Å². The molecule has 0 bridgehead atoms. The van der Waals surface area contributed by atoms with Crippen LogP contribution in [-0.4, -0.2) is 84.8 Å². The first-order valence-corrected chi connectivity index (χ1v) is 7.71. The van der Waals surface area contributed by atoms with Crippen molar-refractivity contribution in [2.75, 3.05) is 63.9 Å². The number of hydrogen-bond acceptors (Lipinski definition) is 6. The summed E-state index contributed by atoms with van der Waals surface area (Å²) in [5.41, 5.74) is 0. The predicted octanol–water partition coefficient (Wildman–Crippen LogP) is -0.583. The van der Waals surface area contributed by atoms with Gasteiger partial charge in [0.25, 0.3) is 0 Å². The summed E-state index contributed by atoms with van der Waals surface area (Å²) in [5.74, 6) is 1.62. The molecule has 2 aliphatic heterocycles. The van der Waals surface area contributed by atoms with E-state index in [4.69, 9.17) is 9.84 Å². The van der Waals surface area contributed by atoms with E-state index in [2.05, 4.69) is 9.88 Å². The lowest BCUT2D eigenvalue weighted by atomic mass is 10.3. The Bertz CT molecular complexity index is 517. The summed E-state index contributed by atoms with van der Waals surface area (Å²) in [7, 11) is 0. The van der Waals surface area contributed by atoms with Gasteiger partial charge >= 0.3 is 0 Å². The van der Waals surface area contributed by atoms with Crippen LogP contribution in [0, 0.1) is 0 Å². The van der Waals surface area contributed by atoms with Crippen molar-refractivity contribution >= 4 is 11.7 Å². The molecular formula is C15H22N4O3. The van der Waals surface area contributed by atoms with E-state index in [1.54, 1.807) is 6.20 Å². The Hall–Kier alpha value is -1.86. The first-order chi connectivity index (χ1) is 10.8. The van der Waals surface area contributed by atoms with Gasteiger partial charge in [0, 0.05) is 38.9 Å². The summed E-state index contributed by atoms with van der Waals surface area (Å²) in [6.07, 6.45) is 1.72. The van der Waals surface area contributed by atoms with Gasteiger partial charge < -0.3 is 19.6 Å². The van der Waals surface area contributed by atoms with Crippen molar-refractivity contribution in [2.45, 2.75) is 0 Å². The van der Waals surface area contributed by atoms with E-state index < -0.39 is 0 Å². The number of aromatic nitrogens is 1. The molecule has 2 aliphatic rings. The molecule has 0 atom stereocenters. The number of pyridine rings is 1. The van der Waals surface area contributed by atoms with Crippen molar-refractivity contribution in [3.05, 3.63) is 18.3 Å². The molecule has 1 aromatic rings. The maximum Gasteiger partial charge on any atom is 0.242 e. The molecule has 7 nitrogen and oxygen atoms in total. The molecule has 0 aliphatic carbocycles. The number of carbonyl (C=O) groups excluding carboxylic acids is 1. The molecule has 120 valence electrons. The molecule has 7 heteroatoms. The fourth-order valence-electron chi connectivity index (χ4n) is 2.88. The van der Waals surface area contributed by atoms with E-state index in [9.17, 15) is 4.79 Å². The van der Waals surface area contributed by atoms with Crippen molar-refractivity contribution in [3.63, 3.8) is 0 Å². The number of aliphatic hydroxyl groups excluding tert-OH is 1. The summed E-state index contributed by atoms with van der Waals surface area (Å²) < 4.78 is 5.56. The maximum absolute atomic E-state index is 12.5. The van der Waals surface area contributed by atoms with Crippen LogP contribution >= 0.6 is 0 Å². The van der Waals surface area contributed by atoms with Gasteiger partial charge in [-0.15, -0.1) is 0 Å². The minimum Gasteiger partial charge on any atom is -0.488 e. The molecule has 1 aromatic heterocycles. The second-order valence-corrected chi connectivity index (χ2v) is 5.54. The average molecular weight is 306 g/mol. The number of piperazine rings is 1. The summed E-state index contributed by atoms with van der Waals surface area (Å²) in [6.45, 7) is 5.54. The molecule has 0 unspecified atom stereocenters. The predicted molar refractivity (Wildman–Crippen MR) is 82.1 cm³/mol. The molecule has 1 fully saturated rings. The third kappa shape index (κ3) is 3.31. The van der Waals surface area contributed by atoms with Crippen LogP contribution in [0.2, 0.25) is 0 Å². The van der Waals surface area contributed by atoms with Crippen molar-refractivity contribution < 1.29 is 14.6 Å². The molecule has 0 spiro atoms. The first kappa shape index (κ1) is 15.1. The maximum atomic E-state index is 12.5. The average Bonchev–Trinajstić information content (AvgIpc) is 2.56. The first-order valence-electron chi connectivity index (χ1n) is 7.71. The molecule has 22 heavy (non-hydrogen) atoms. The van der Waals surface area contributed by atoms with Gasteiger partial charge in [0.1, 0.15) is 6.61 Å². The number of amides is 1. The third-order valence-electron chi connectivity index (χ3n) is 4.14. The Labute approximate surface area is 130 Å². The monoisotopic (exact) mass is 306 g/mol. The Balaban J connectivity index is 1.57. The van der Waals surface area contributed by atoms with E-state index in [1.807, 2.05) is 21.9 Å². The number of hydrogen-bond donors (Lipinski definition) is 1. The number of nitrogens with zero attached hydrogens (tertiary/aromatic N) is 4. The molecule has 1 N–H and O–H groups in total. The zero-order valence-electron chi connectivity index (χ0n) is 12.6. The number of ether oxygens (including phenoxy) is 1. The van der Waals surface area contributed by atoms with E-state index in [0.29, 0.717) is 26.2 Å². The second-order valence-electron chi connectivity index (χ2n) is 5.54. The lowest BCUT2D eigenvalue weighted by Crippen LogP contribution is -2.52. The summed E-state index contributed by atoms with van der Waals surface area (Å²) in [4.78, 5) is 22.9. The topological polar surface area (TPSA) is 69.1 Å². The molecular weight excluding hydrogens is 284 g/mol. The fourth-order valence-corrected chi connectivity index (χ4v) is 2.88. The number of β-amino-alcohol motifs (C(OH)–C–C–N with tert-alkyl or cyclic N) is 1. The van der Waals surface area contributed by atoms with Gasteiger partial charge in [-0.3, -0.25) is 9.69 Å². The van der Waals surface area contributed by atoms with Crippen LogP contribution < -0.4 is 9.64 Å². The van der Waals surface area contributed by atoms with Crippen molar-refractivity contribution in [3.8, 4) is 5.75 Å². The van der Waals surface area contributed by atoms with Crippen LogP contribution in [0.15, 0.2) is 18.3 Å². The number of anilines is 1. The van der Waals surface area contributed by atoms with Crippen LogP contribution in [0.5, 0.6) is 5.75 Å². The number of fused-ring (bicyclic) bond motifs is 1. The van der Waals surface area contributed by atoms with Gasteiger partial charge in [-0.05, 0) is 12.1 Å². The number of rotatable bonds is 4. The van der Waals surface area contributed by atoms with Crippen LogP contribution in [0.3, 0.4) is 0 Å². The highest BCUT2D eigenvalue weighted by Gasteiger charge is 2.25. The van der Waals surface area contributed by atoms with Crippen molar-refractivity contribution in [2.24, 2.45) is 0 Å². The van der Waals surface area contributed by atoms with Gasteiger partial charge in [0.05, 0.1) is 19.7 Å². The van der Waals surface area contributed by atoms with E-state index in [1.165, 1.54) is 0 Å². The fraction of sp³-hybridized carbons (Fsp3) is 0.600. The lowest BCUT2D eigenvalue weighted by molar-refractivity contribution is -0.131. The summed E-state index contributed by atoms with van der Waals surface area (Å²) in [6, 6.07) is 3.72. The quantitative estimate of drug-likeness (QED) is 0.802. The van der Waals surface area contributed by atoms with Gasteiger partial charge in [-0.2, -0.15) is 0 Å². The minimum absolute atomic E-state index is 0.127. The lowest BCUT2D eigenvalue weighted by Gasteiger charge is -2.36. The Morgan fingerprint density at radius 2 is 2.09 bits per heavy atom. The number of carbonyl (C=O) groups is 1. The molecule has 0 aromatic carbocycles. The standard InChI is InChI=1S/C15H22N4O3/c20-10-8-17-4-6-18(7-5-17)14(21)12-19-9-11-22-13-2-1-3-16-15(13)19/h1-3,20H,4-12H2. The van der Waals surface area contributed by atoms with Crippen LogP contribution in [0.1, 0.15) is 0 Å². The highest BCUT2D eigenvalue weighted by atomic mass is 16.5. The van der Waals surface area contributed by atoms with Gasteiger partial charge in [0.2, 0.25) is 5.91 Å². The highest BCUT2D eigenvalue weighted by Crippen LogP contribution is 2.28. The van der Waals surface area contributed by atoms with E-state index in [-0.39, 0.29) is 12.5 Å². The third-order valence-corrected chi connectivity index (χ3v) is 4.14. The molecule has 0 saturated carbocycles. The zero-order valence-corrected chi connectivity index (χ0v) is 12.6. The Morgan fingerprint density at radius 3 is 2.86 bits per heavy atom. The SMILES string of the molecule is O=C(CN1CCOc2cccnc21)N1CCN(CCO)CC1. The van der Waals surface area contributed by atoms with Crippen molar-refractivity contribution in [1.82, 2.24) is 14.8 Å². The van der Waals surface area contributed by atoms with E-state index in [0.717, 1.165) is 37.7 Å². The van der Waals surface area contributed by atoms with Crippen molar-refractivity contribution in [1.29, 1.82) is 0 Å². The highest BCUT2D eigenvalue weighted by molar-refractivity contribution is 5.82. The smallest absolute Gasteiger partial charge is 0.242 e. The number of aliphatic hydroxyl groups is 1. The normalized spacial score (nSPS) is 18.8. The zero-order chi connectivity index (χ0) is 15.4. The molecule has 3 rings (SSSR count). The second kappa shape index (κ2) is 6.93. The van der Waals surface area contributed by atoms with E-state index >= 15 is 0 Å². The molecule has 1 saturated heterocycles. The minimum atomic E-state index is 0.127.